The molecular formula is C20H22N2O6. The van der Waals surface area contributed by atoms with Crippen LogP contribution in [0.5, 0.6) is 0 Å². The van der Waals surface area contributed by atoms with Gasteiger partial charge in [-0.25, -0.2) is 9.59 Å². The maximum absolute atomic E-state index is 12.3. The van der Waals surface area contributed by atoms with Crippen molar-refractivity contribution < 1.29 is 29.3 Å². The van der Waals surface area contributed by atoms with Gasteiger partial charge >= 0.3 is 12.1 Å². The second-order valence-electron chi connectivity index (χ2n) is 6.03. The van der Waals surface area contributed by atoms with Crippen LogP contribution in [0, 0.1) is 0 Å². The quantitative estimate of drug-likeness (QED) is 0.511. The molecule has 148 valence electrons. The molecule has 8 heteroatoms. The zero-order valence-electron chi connectivity index (χ0n) is 15.1. The summed E-state index contributed by atoms with van der Waals surface area (Å²) in [5, 5.41) is 23.3. The van der Waals surface area contributed by atoms with E-state index in [9.17, 15) is 24.6 Å². The summed E-state index contributed by atoms with van der Waals surface area (Å²) >= 11 is 0. The molecule has 4 N–H and O–H groups in total. The Balaban J connectivity index is 1.89. The highest BCUT2D eigenvalue weighted by Gasteiger charge is 2.26. The Bertz CT molecular complexity index is 782. The molecule has 0 aliphatic heterocycles. The van der Waals surface area contributed by atoms with Crippen LogP contribution in [0.4, 0.5) is 4.79 Å². The summed E-state index contributed by atoms with van der Waals surface area (Å²) in [5.41, 5.74) is 1.49. The van der Waals surface area contributed by atoms with Gasteiger partial charge in [-0.05, 0) is 11.1 Å². The largest absolute Gasteiger partial charge is 0.480 e. The van der Waals surface area contributed by atoms with Crippen LogP contribution in [0.3, 0.4) is 0 Å². The molecule has 0 radical (unpaired) electrons. The van der Waals surface area contributed by atoms with Gasteiger partial charge in [-0.15, -0.1) is 0 Å². The van der Waals surface area contributed by atoms with Crippen molar-refractivity contribution in [3.05, 3.63) is 71.8 Å². The van der Waals surface area contributed by atoms with Crippen molar-refractivity contribution in [2.24, 2.45) is 0 Å². The van der Waals surface area contributed by atoms with Crippen LogP contribution in [0.2, 0.25) is 0 Å². The Labute approximate surface area is 162 Å². The minimum absolute atomic E-state index is 0.00179. The molecule has 0 heterocycles. The molecule has 0 aliphatic rings. The standard InChI is InChI=1S/C20H22N2O6/c23-12-17(22-20(27)28-13-15-9-5-2-6-10-15)18(24)21-16(19(25)26)11-14-7-3-1-4-8-14/h1-10,16-17,23H,11-13H2,(H,21,24)(H,22,27)(H,25,26)/t16-,17-/m1/s1. The van der Waals surface area contributed by atoms with Crippen LogP contribution in [0.15, 0.2) is 60.7 Å². The van der Waals surface area contributed by atoms with E-state index in [1.165, 1.54) is 0 Å². The number of rotatable bonds is 9. The number of nitrogens with one attached hydrogen (secondary N) is 2. The van der Waals surface area contributed by atoms with Crippen LogP contribution in [-0.2, 0) is 27.4 Å². The first-order valence-electron chi connectivity index (χ1n) is 8.64. The lowest BCUT2D eigenvalue weighted by Gasteiger charge is -2.20. The fourth-order valence-corrected chi connectivity index (χ4v) is 2.42. The third kappa shape index (κ3) is 6.73. The minimum Gasteiger partial charge on any atom is -0.480 e. The lowest BCUT2D eigenvalue weighted by Crippen LogP contribution is -2.53. The van der Waals surface area contributed by atoms with E-state index < -0.39 is 36.7 Å². The molecule has 0 fully saturated rings. The van der Waals surface area contributed by atoms with Gasteiger partial charge in [0.1, 0.15) is 18.7 Å². The highest BCUT2D eigenvalue weighted by atomic mass is 16.5. The van der Waals surface area contributed by atoms with Crippen LogP contribution in [-0.4, -0.2) is 46.9 Å². The second kappa shape index (κ2) is 10.7. The van der Waals surface area contributed by atoms with Crippen molar-refractivity contribution in [3.63, 3.8) is 0 Å². The number of carboxylic acids is 1. The molecule has 0 aliphatic carbocycles. The van der Waals surface area contributed by atoms with E-state index in [2.05, 4.69) is 10.6 Å². The molecule has 0 spiro atoms. The molecule has 0 aromatic heterocycles. The number of aliphatic hydroxyl groups is 1. The lowest BCUT2D eigenvalue weighted by atomic mass is 10.1. The van der Waals surface area contributed by atoms with Crippen molar-refractivity contribution >= 4 is 18.0 Å². The normalized spacial score (nSPS) is 12.5. The van der Waals surface area contributed by atoms with Crippen LogP contribution in [0.25, 0.3) is 0 Å². The first kappa shape index (κ1) is 20.9. The Hall–Kier alpha value is -3.39. The number of aliphatic hydroxyl groups excluding tert-OH is 1. The lowest BCUT2D eigenvalue weighted by molar-refractivity contribution is -0.142. The van der Waals surface area contributed by atoms with Gasteiger partial charge in [0.2, 0.25) is 5.91 Å². The number of amides is 2. The Morgan fingerprint density at radius 2 is 1.43 bits per heavy atom. The molecule has 0 unspecified atom stereocenters. The van der Waals surface area contributed by atoms with E-state index >= 15 is 0 Å². The van der Waals surface area contributed by atoms with Crippen molar-refractivity contribution in [1.29, 1.82) is 0 Å². The average Bonchev–Trinajstić information content (AvgIpc) is 2.71. The van der Waals surface area contributed by atoms with Crippen LogP contribution in [0.1, 0.15) is 11.1 Å². The number of carboxylic acid groups (broad SMARTS) is 1. The third-order valence-corrected chi connectivity index (χ3v) is 3.90. The van der Waals surface area contributed by atoms with Gasteiger partial charge in [-0.2, -0.15) is 0 Å². The monoisotopic (exact) mass is 386 g/mol. The van der Waals surface area contributed by atoms with Gasteiger partial charge in [0.25, 0.3) is 0 Å². The maximum Gasteiger partial charge on any atom is 0.408 e. The van der Waals surface area contributed by atoms with E-state index in [1.807, 2.05) is 6.07 Å². The van der Waals surface area contributed by atoms with Gasteiger partial charge in [-0.1, -0.05) is 60.7 Å². The molecule has 2 atom stereocenters. The number of carbonyl (C=O) groups excluding carboxylic acids is 2. The summed E-state index contributed by atoms with van der Waals surface area (Å²) < 4.78 is 5.00. The second-order valence-corrected chi connectivity index (χ2v) is 6.03. The van der Waals surface area contributed by atoms with Crippen LogP contribution < -0.4 is 10.6 Å². The summed E-state index contributed by atoms with van der Waals surface area (Å²) in [7, 11) is 0. The van der Waals surface area contributed by atoms with E-state index in [4.69, 9.17) is 4.74 Å². The fraction of sp³-hybridized carbons (Fsp3) is 0.250. The van der Waals surface area contributed by atoms with Gasteiger partial charge in [0.15, 0.2) is 0 Å². The Morgan fingerprint density at radius 1 is 0.857 bits per heavy atom. The van der Waals surface area contributed by atoms with E-state index in [0.29, 0.717) is 0 Å². The summed E-state index contributed by atoms with van der Waals surface area (Å²) in [5.74, 6) is -2.04. The SMILES string of the molecule is O=C(N[C@H](CO)C(=O)N[C@H](Cc1ccccc1)C(=O)O)OCc1ccccc1. The van der Waals surface area contributed by atoms with E-state index in [0.717, 1.165) is 11.1 Å². The van der Waals surface area contributed by atoms with Gasteiger partial charge < -0.3 is 25.6 Å². The summed E-state index contributed by atoms with van der Waals surface area (Å²) in [6, 6.07) is 15.2. The first-order chi connectivity index (χ1) is 13.5. The number of carbonyl (C=O) groups is 3. The third-order valence-electron chi connectivity index (χ3n) is 3.90. The van der Waals surface area contributed by atoms with E-state index in [-0.39, 0.29) is 13.0 Å². The molecule has 0 saturated carbocycles. The molecule has 2 amide bonds. The summed E-state index contributed by atoms with van der Waals surface area (Å²) in [6.45, 7) is -0.706. The Morgan fingerprint density at radius 3 is 1.96 bits per heavy atom. The molecule has 8 nitrogen and oxygen atoms in total. The number of alkyl carbamates (subject to hydrolysis) is 1. The predicted octanol–water partition coefficient (Wildman–Crippen LogP) is 1.09. The van der Waals surface area contributed by atoms with Crippen molar-refractivity contribution in [1.82, 2.24) is 10.6 Å². The minimum atomic E-state index is -1.33. The fourth-order valence-electron chi connectivity index (χ4n) is 2.42. The van der Waals surface area contributed by atoms with E-state index in [1.54, 1.807) is 54.6 Å². The smallest absolute Gasteiger partial charge is 0.408 e. The number of ether oxygens (including phenoxy) is 1. The van der Waals surface area contributed by atoms with Gasteiger partial charge in [0, 0.05) is 6.42 Å². The van der Waals surface area contributed by atoms with Gasteiger partial charge in [0.05, 0.1) is 6.61 Å². The highest BCUT2D eigenvalue weighted by molar-refractivity contribution is 5.89. The van der Waals surface area contributed by atoms with Crippen molar-refractivity contribution in [3.8, 4) is 0 Å². The number of aliphatic carboxylic acids is 1. The predicted molar refractivity (Wildman–Crippen MR) is 100 cm³/mol. The molecule has 2 aromatic rings. The topological polar surface area (TPSA) is 125 Å². The zero-order chi connectivity index (χ0) is 20.4. The summed E-state index contributed by atoms with van der Waals surface area (Å²) in [6.07, 6.45) is -0.827. The van der Waals surface area contributed by atoms with Crippen molar-refractivity contribution in [2.45, 2.75) is 25.1 Å². The van der Waals surface area contributed by atoms with Crippen molar-refractivity contribution in [2.75, 3.05) is 6.61 Å². The molecule has 2 rings (SSSR count). The summed E-state index contributed by atoms with van der Waals surface area (Å²) in [4.78, 5) is 35.6. The molecule has 0 saturated heterocycles. The number of benzene rings is 2. The number of hydrogen-bond donors (Lipinski definition) is 4. The highest BCUT2D eigenvalue weighted by Crippen LogP contribution is 2.04. The molecular weight excluding hydrogens is 364 g/mol. The number of hydrogen-bond acceptors (Lipinski definition) is 5. The average molecular weight is 386 g/mol. The zero-order valence-corrected chi connectivity index (χ0v) is 15.1. The maximum atomic E-state index is 12.3. The van der Waals surface area contributed by atoms with Gasteiger partial charge in [-0.3, -0.25) is 4.79 Å². The Kier molecular flexibility index (Phi) is 7.98. The molecule has 28 heavy (non-hydrogen) atoms. The van der Waals surface area contributed by atoms with Crippen LogP contribution >= 0.6 is 0 Å². The molecule has 0 bridgehead atoms. The molecule has 2 aromatic carbocycles. The first-order valence-corrected chi connectivity index (χ1v) is 8.64.